The van der Waals surface area contributed by atoms with Crippen LogP contribution in [0.2, 0.25) is 0 Å². The molecule has 6 heteroatoms. The first-order valence-corrected chi connectivity index (χ1v) is 9.28. The molecule has 25 heavy (non-hydrogen) atoms. The van der Waals surface area contributed by atoms with E-state index in [1.165, 1.54) is 51.0 Å². The molecular formula is C19H28FN3O2. The van der Waals surface area contributed by atoms with Gasteiger partial charge in [-0.3, -0.25) is 0 Å². The first kappa shape index (κ1) is 18.0. The topological polar surface area (TPSA) is 87.4 Å². The van der Waals surface area contributed by atoms with E-state index in [9.17, 15) is 14.3 Å². The fourth-order valence-electron chi connectivity index (χ4n) is 4.47. The highest BCUT2D eigenvalue weighted by molar-refractivity contribution is 5.91. The summed E-state index contributed by atoms with van der Waals surface area (Å²) < 4.78 is 13.5. The molecular weight excluding hydrogens is 321 g/mol. The molecule has 0 heterocycles. The van der Waals surface area contributed by atoms with Crippen LogP contribution in [0.5, 0.6) is 0 Å². The van der Waals surface area contributed by atoms with Gasteiger partial charge in [-0.25, -0.2) is 9.18 Å². The number of aliphatic hydroxyl groups excluding tert-OH is 1. The van der Waals surface area contributed by atoms with Gasteiger partial charge in [-0.2, -0.15) is 0 Å². The van der Waals surface area contributed by atoms with Crippen molar-refractivity contribution < 1.29 is 14.3 Å². The molecule has 2 aliphatic carbocycles. The van der Waals surface area contributed by atoms with Crippen LogP contribution in [0.25, 0.3) is 0 Å². The number of halogens is 1. The van der Waals surface area contributed by atoms with Crippen LogP contribution in [0.4, 0.5) is 20.6 Å². The molecule has 3 rings (SSSR count). The Bertz CT molecular complexity index is 619. The maximum absolute atomic E-state index is 13.5. The predicted molar refractivity (Wildman–Crippen MR) is 96.7 cm³/mol. The first-order valence-electron chi connectivity index (χ1n) is 9.28. The van der Waals surface area contributed by atoms with Crippen LogP contribution in [0.3, 0.4) is 0 Å². The van der Waals surface area contributed by atoms with Crippen LogP contribution in [0.1, 0.15) is 63.4 Å². The second-order valence-corrected chi connectivity index (χ2v) is 7.61. The van der Waals surface area contributed by atoms with Gasteiger partial charge in [0.15, 0.2) is 0 Å². The molecule has 1 spiro atoms. The van der Waals surface area contributed by atoms with E-state index in [4.69, 9.17) is 5.73 Å². The largest absolute Gasteiger partial charge is 0.398 e. The second-order valence-electron chi connectivity index (χ2n) is 7.61. The molecule has 2 aliphatic rings. The number of amides is 2. The van der Waals surface area contributed by atoms with Gasteiger partial charge in [-0.1, -0.05) is 19.3 Å². The van der Waals surface area contributed by atoms with Crippen molar-refractivity contribution in [1.82, 2.24) is 5.32 Å². The van der Waals surface area contributed by atoms with Gasteiger partial charge >= 0.3 is 6.03 Å². The van der Waals surface area contributed by atoms with E-state index in [1.807, 2.05) is 0 Å². The molecule has 0 aromatic heterocycles. The molecule has 2 fully saturated rings. The summed E-state index contributed by atoms with van der Waals surface area (Å²) in [6.45, 7) is -0.353. The molecule has 0 aliphatic heterocycles. The van der Waals surface area contributed by atoms with E-state index in [1.54, 1.807) is 0 Å². The van der Waals surface area contributed by atoms with Crippen molar-refractivity contribution in [2.24, 2.45) is 5.41 Å². The van der Waals surface area contributed by atoms with Crippen LogP contribution in [-0.2, 0) is 6.61 Å². The summed E-state index contributed by atoms with van der Waals surface area (Å²) in [6.07, 6.45) is 11.0. The lowest BCUT2D eigenvalue weighted by atomic mass is 9.64. The highest BCUT2D eigenvalue weighted by atomic mass is 19.1. The summed E-state index contributed by atoms with van der Waals surface area (Å²) in [5.74, 6) is -0.540. The zero-order valence-electron chi connectivity index (χ0n) is 14.6. The lowest BCUT2D eigenvalue weighted by Crippen LogP contribution is -2.43. The smallest absolute Gasteiger partial charge is 0.319 e. The molecule has 0 atom stereocenters. The van der Waals surface area contributed by atoms with Crippen LogP contribution in [-0.4, -0.2) is 17.2 Å². The standard InChI is InChI=1S/C19H28FN3O2/c20-13-10-16(21)15(12-24)17(11-13)23-18(25)22-14-4-8-19(9-5-14)6-2-1-3-7-19/h10-11,14,24H,1-9,12,21H2,(H2,22,23,25). The van der Waals surface area contributed by atoms with Gasteiger partial charge in [0, 0.05) is 17.3 Å². The van der Waals surface area contributed by atoms with Gasteiger partial charge in [-0.15, -0.1) is 0 Å². The maximum Gasteiger partial charge on any atom is 0.319 e. The molecule has 2 amide bonds. The molecule has 0 radical (unpaired) electrons. The van der Waals surface area contributed by atoms with E-state index in [0.717, 1.165) is 18.9 Å². The highest BCUT2D eigenvalue weighted by Crippen LogP contribution is 2.47. The number of nitrogen functional groups attached to an aromatic ring is 1. The van der Waals surface area contributed by atoms with Crippen molar-refractivity contribution in [2.45, 2.75) is 70.4 Å². The zero-order chi connectivity index (χ0) is 17.9. The van der Waals surface area contributed by atoms with Crippen LogP contribution in [0.15, 0.2) is 12.1 Å². The van der Waals surface area contributed by atoms with Crippen molar-refractivity contribution in [1.29, 1.82) is 0 Å². The third-order valence-corrected chi connectivity index (χ3v) is 5.95. The van der Waals surface area contributed by atoms with Crippen molar-refractivity contribution in [2.75, 3.05) is 11.1 Å². The van der Waals surface area contributed by atoms with Gasteiger partial charge in [0.2, 0.25) is 0 Å². The van der Waals surface area contributed by atoms with E-state index in [-0.39, 0.29) is 30.1 Å². The summed E-state index contributed by atoms with van der Waals surface area (Å²) >= 11 is 0. The first-order chi connectivity index (χ1) is 12.0. The van der Waals surface area contributed by atoms with Crippen molar-refractivity contribution >= 4 is 17.4 Å². The Hall–Kier alpha value is -1.82. The molecule has 1 aromatic rings. The fraction of sp³-hybridized carbons (Fsp3) is 0.632. The van der Waals surface area contributed by atoms with Crippen molar-refractivity contribution in [3.63, 3.8) is 0 Å². The number of hydrogen-bond acceptors (Lipinski definition) is 3. The quantitative estimate of drug-likeness (QED) is 0.624. The monoisotopic (exact) mass is 349 g/mol. The number of benzene rings is 1. The Kier molecular flexibility index (Phi) is 5.47. The minimum atomic E-state index is -0.540. The Morgan fingerprint density at radius 3 is 2.52 bits per heavy atom. The van der Waals surface area contributed by atoms with Crippen LogP contribution in [0, 0.1) is 11.2 Å². The number of nitrogens with one attached hydrogen (secondary N) is 2. The van der Waals surface area contributed by atoms with Gasteiger partial charge in [0.25, 0.3) is 0 Å². The Morgan fingerprint density at radius 1 is 1.20 bits per heavy atom. The van der Waals surface area contributed by atoms with Gasteiger partial charge in [-0.05, 0) is 56.1 Å². The molecule has 5 nitrogen and oxygen atoms in total. The number of rotatable bonds is 3. The summed E-state index contributed by atoms with van der Waals surface area (Å²) in [5.41, 5.74) is 6.90. The Morgan fingerprint density at radius 2 is 1.88 bits per heavy atom. The SMILES string of the molecule is Nc1cc(F)cc(NC(=O)NC2CCC3(CCCCC3)CC2)c1CO. The minimum absolute atomic E-state index is 0.134. The Balaban J connectivity index is 1.55. The lowest BCUT2D eigenvalue weighted by molar-refractivity contribution is 0.109. The number of hydrogen-bond donors (Lipinski definition) is 4. The van der Waals surface area contributed by atoms with Crippen LogP contribution >= 0.6 is 0 Å². The van der Waals surface area contributed by atoms with Crippen molar-refractivity contribution in [3.05, 3.63) is 23.5 Å². The number of carbonyl (C=O) groups is 1. The summed E-state index contributed by atoms with van der Waals surface area (Å²) in [5, 5.41) is 15.0. The fourth-order valence-corrected chi connectivity index (χ4v) is 4.47. The van der Waals surface area contributed by atoms with Crippen molar-refractivity contribution in [3.8, 4) is 0 Å². The third kappa shape index (κ3) is 4.24. The summed E-state index contributed by atoms with van der Waals surface area (Å²) in [6, 6.07) is 2.10. The molecule has 0 saturated heterocycles. The minimum Gasteiger partial charge on any atom is -0.398 e. The second kappa shape index (κ2) is 7.60. The summed E-state index contributed by atoms with van der Waals surface area (Å²) in [7, 11) is 0. The average Bonchev–Trinajstić information content (AvgIpc) is 2.58. The molecule has 0 unspecified atom stereocenters. The number of aliphatic hydroxyl groups is 1. The normalized spacial score (nSPS) is 20.4. The predicted octanol–water partition coefficient (Wildman–Crippen LogP) is 3.91. The highest BCUT2D eigenvalue weighted by Gasteiger charge is 2.36. The number of anilines is 2. The van der Waals surface area contributed by atoms with E-state index >= 15 is 0 Å². The maximum atomic E-state index is 13.5. The van der Waals surface area contributed by atoms with Gasteiger partial charge in [0.1, 0.15) is 5.82 Å². The molecule has 5 N–H and O–H groups in total. The van der Waals surface area contributed by atoms with Gasteiger partial charge < -0.3 is 21.5 Å². The van der Waals surface area contributed by atoms with Crippen LogP contribution < -0.4 is 16.4 Å². The lowest BCUT2D eigenvalue weighted by Gasteiger charge is -2.43. The zero-order valence-corrected chi connectivity index (χ0v) is 14.6. The summed E-state index contributed by atoms with van der Waals surface area (Å²) in [4.78, 5) is 12.3. The van der Waals surface area contributed by atoms with E-state index in [2.05, 4.69) is 10.6 Å². The van der Waals surface area contributed by atoms with E-state index < -0.39 is 5.82 Å². The number of carbonyl (C=O) groups excluding carboxylic acids is 1. The third-order valence-electron chi connectivity index (χ3n) is 5.95. The number of urea groups is 1. The Labute approximate surface area is 148 Å². The molecule has 1 aromatic carbocycles. The molecule has 0 bridgehead atoms. The van der Waals surface area contributed by atoms with Gasteiger partial charge in [0.05, 0.1) is 12.3 Å². The molecule has 2 saturated carbocycles. The average molecular weight is 349 g/mol. The number of nitrogens with two attached hydrogens (primary N) is 1. The molecule has 138 valence electrons. The van der Waals surface area contributed by atoms with E-state index in [0.29, 0.717) is 11.0 Å².